The molecule has 0 radical (unpaired) electrons. The van der Waals surface area contributed by atoms with Gasteiger partial charge in [-0.3, -0.25) is 4.79 Å². The van der Waals surface area contributed by atoms with Crippen molar-refractivity contribution in [1.29, 1.82) is 0 Å². The van der Waals surface area contributed by atoms with Gasteiger partial charge in [-0.25, -0.2) is 9.50 Å². The fraction of sp³-hybridized carbons (Fsp3) is 0.381. The second-order valence-corrected chi connectivity index (χ2v) is 7.23. The molecule has 1 saturated heterocycles. The smallest absolute Gasteiger partial charge is 0.223 e. The third-order valence-corrected chi connectivity index (χ3v) is 5.08. The number of amides is 1. The summed E-state index contributed by atoms with van der Waals surface area (Å²) in [5.74, 6) is 0.721. The highest BCUT2D eigenvalue weighted by Crippen LogP contribution is 2.30. The van der Waals surface area contributed by atoms with Gasteiger partial charge in [0.2, 0.25) is 5.91 Å². The molecule has 1 aliphatic heterocycles. The van der Waals surface area contributed by atoms with Crippen molar-refractivity contribution in [3.05, 3.63) is 53.9 Å². The summed E-state index contributed by atoms with van der Waals surface area (Å²) in [6.45, 7) is 5.60. The van der Waals surface area contributed by atoms with Crippen molar-refractivity contribution in [1.82, 2.24) is 19.5 Å². The summed E-state index contributed by atoms with van der Waals surface area (Å²) in [7, 11) is 0. The summed E-state index contributed by atoms with van der Waals surface area (Å²) in [6, 6.07) is 10.1. The molecule has 0 saturated carbocycles. The summed E-state index contributed by atoms with van der Waals surface area (Å²) < 4.78 is 1.84. The monoisotopic (exact) mass is 348 g/mol. The molecule has 26 heavy (non-hydrogen) atoms. The fourth-order valence-electron chi connectivity index (χ4n) is 3.85. The van der Waals surface area contributed by atoms with E-state index in [1.165, 1.54) is 0 Å². The molecule has 5 nitrogen and oxygen atoms in total. The van der Waals surface area contributed by atoms with Crippen LogP contribution in [-0.4, -0.2) is 31.9 Å². The Morgan fingerprint density at radius 3 is 2.81 bits per heavy atom. The van der Waals surface area contributed by atoms with Crippen molar-refractivity contribution in [3.8, 4) is 11.3 Å². The van der Waals surface area contributed by atoms with Crippen LogP contribution < -0.4 is 0 Å². The van der Waals surface area contributed by atoms with Crippen LogP contribution in [0.1, 0.15) is 37.3 Å². The fourth-order valence-corrected chi connectivity index (χ4v) is 3.85. The molecule has 1 aromatic carbocycles. The molecule has 2 aromatic heterocycles. The van der Waals surface area contributed by atoms with E-state index in [1.807, 2.05) is 46.9 Å². The van der Waals surface area contributed by atoms with Crippen molar-refractivity contribution in [3.63, 3.8) is 0 Å². The van der Waals surface area contributed by atoms with Crippen molar-refractivity contribution in [2.24, 2.45) is 5.92 Å². The Balaban J connectivity index is 1.74. The van der Waals surface area contributed by atoms with Crippen LogP contribution in [0.5, 0.6) is 0 Å². The van der Waals surface area contributed by atoms with Crippen LogP contribution in [0.25, 0.3) is 16.9 Å². The number of benzene rings is 1. The molecule has 0 bridgehead atoms. The number of fused-ring (bicyclic) bond motifs is 1. The molecule has 4 rings (SSSR count). The largest absolute Gasteiger partial charge is 0.338 e. The van der Waals surface area contributed by atoms with E-state index >= 15 is 0 Å². The van der Waals surface area contributed by atoms with Gasteiger partial charge in [0.05, 0.1) is 6.54 Å². The minimum absolute atomic E-state index is 0.244. The molecule has 5 heteroatoms. The lowest BCUT2D eigenvalue weighted by atomic mass is 10.0. The zero-order valence-corrected chi connectivity index (χ0v) is 15.4. The van der Waals surface area contributed by atoms with Gasteiger partial charge in [0, 0.05) is 36.5 Å². The Kier molecular flexibility index (Phi) is 4.45. The van der Waals surface area contributed by atoms with Gasteiger partial charge in [-0.15, -0.1) is 0 Å². The summed E-state index contributed by atoms with van der Waals surface area (Å²) >= 11 is 0. The van der Waals surface area contributed by atoms with E-state index in [0.29, 0.717) is 18.9 Å². The van der Waals surface area contributed by atoms with E-state index in [1.54, 1.807) is 0 Å². The molecule has 0 spiro atoms. The van der Waals surface area contributed by atoms with Crippen molar-refractivity contribution in [2.45, 2.75) is 39.7 Å². The predicted molar refractivity (Wildman–Crippen MR) is 102 cm³/mol. The molecule has 1 fully saturated rings. The zero-order valence-electron chi connectivity index (χ0n) is 15.4. The summed E-state index contributed by atoms with van der Waals surface area (Å²) in [6.07, 6.45) is 6.75. The molecule has 0 aliphatic carbocycles. The molecule has 1 atom stereocenters. The number of likely N-dealkylation sites (tertiary alicyclic amines) is 1. The average Bonchev–Trinajstić information content (AvgIpc) is 3.16. The number of aromatic nitrogens is 3. The highest BCUT2D eigenvalue weighted by Gasteiger charge is 2.30. The third-order valence-electron chi connectivity index (χ3n) is 5.08. The Morgan fingerprint density at radius 1 is 1.23 bits per heavy atom. The number of carbonyl (C=O) groups is 1. The van der Waals surface area contributed by atoms with Crippen molar-refractivity contribution >= 4 is 11.6 Å². The van der Waals surface area contributed by atoms with Gasteiger partial charge in [-0.2, -0.15) is 5.10 Å². The molecule has 1 aliphatic rings. The molecule has 3 heterocycles. The Hall–Kier alpha value is -2.69. The second kappa shape index (κ2) is 6.90. The number of aryl methyl sites for hydroxylation is 1. The van der Waals surface area contributed by atoms with Crippen molar-refractivity contribution in [2.75, 3.05) is 6.54 Å². The first kappa shape index (κ1) is 16.8. The molecular weight excluding hydrogens is 324 g/mol. The summed E-state index contributed by atoms with van der Waals surface area (Å²) in [4.78, 5) is 19.1. The molecule has 1 amide bonds. The van der Waals surface area contributed by atoms with Crippen LogP contribution in [0.4, 0.5) is 0 Å². The number of hydrogen-bond donors (Lipinski definition) is 0. The molecule has 0 N–H and O–H groups in total. The van der Waals surface area contributed by atoms with Gasteiger partial charge in [0.1, 0.15) is 5.69 Å². The van der Waals surface area contributed by atoms with Gasteiger partial charge in [0.15, 0.2) is 5.65 Å². The van der Waals surface area contributed by atoms with Gasteiger partial charge in [0.25, 0.3) is 0 Å². The number of hydrogen-bond acceptors (Lipinski definition) is 3. The Bertz CT molecular complexity index is 932. The normalized spacial score (nSPS) is 17.4. The zero-order chi connectivity index (χ0) is 18.1. The summed E-state index contributed by atoms with van der Waals surface area (Å²) in [5.41, 5.74) is 4.90. The molecule has 3 aromatic rings. The Labute approximate surface area is 153 Å². The van der Waals surface area contributed by atoms with E-state index in [4.69, 9.17) is 5.10 Å². The lowest BCUT2D eigenvalue weighted by molar-refractivity contribution is -0.128. The lowest BCUT2D eigenvalue weighted by Crippen LogP contribution is -2.25. The topological polar surface area (TPSA) is 50.5 Å². The van der Waals surface area contributed by atoms with Gasteiger partial charge < -0.3 is 4.90 Å². The quantitative estimate of drug-likeness (QED) is 0.704. The van der Waals surface area contributed by atoms with Crippen LogP contribution in [0.2, 0.25) is 0 Å². The van der Waals surface area contributed by atoms with Crippen LogP contribution in [0.15, 0.2) is 42.7 Å². The predicted octanol–water partition coefficient (Wildman–Crippen LogP) is 3.85. The van der Waals surface area contributed by atoms with Gasteiger partial charge in [-0.1, -0.05) is 43.7 Å². The van der Waals surface area contributed by atoms with Crippen LogP contribution in [-0.2, 0) is 11.3 Å². The molecular formula is C21H24N4O. The Morgan fingerprint density at radius 2 is 2.04 bits per heavy atom. The first-order valence-electron chi connectivity index (χ1n) is 9.32. The van der Waals surface area contributed by atoms with E-state index in [9.17, 15) is 4.79 Å². The first-order chi connectivity index (χ1) is 12.7. The van der Waals surface area contributed by atoms with Crippen molar-refractivity contribution < 1.29 is 4.79 Å². The lowest BCUT2D eigenvalue weighted by Gasteiger charge is -2.16. The number of rotatable bonds is 5. The maximum Gasteiger partial charge on any atom is 0.223 e. The number of carbonyl (C=O) groups excluding carboxylic acids is 1. The molecule has 134 valence electrons. The van der Waals surface area contributed by atoms with E-state index < -0.39 is 0 Å². The average molecular weight is 348 g/mol. The minimum Gasteiger partial charge on any atom is -0.338 e. The SMILES string of the molecule is CCCC1CC(=O)N(Cc2c(-c3ccccc3)nn3cc(C)cnc23)C1. The van der Waals surface area contributed by atoms with E-state index in [-0.39, 0.29) is 5.91 Å². The van der Waals surface area contributed by atoms with E-state index in [2.05, 4.69) is 24.0 Å². The van der Waals surface area contributed by atoms with Crippen LogP contribution in [0.3, 0.4) is 0 Å². The van der Waals surface area contributed by atoms with Gasteiger partial charge >= 0.3 is 0 Å². The van der Waals surface area contributed by atoms with Gasteiger partial charge in [-0.05, 0) is 24.8 Å². The maximum atomic E-state index is 12.5. The standard InChI is InChI=1S/C21H24N4O/c1-3-7-16-10-19(26)24(13-16)14-18-20(17-8-5-4-6-9-17)23-25-12-15(2)11-22-21(18)25/h4-6,8-9,11-12,16H,3,7,10,13-14H2,1-2H3. The van der Waals surface area contributed by atoms with Crippen LogP contribution >= 0.6 is 0 Å². The maximum absolute atomic E-state index is 12.5. The molecule has 1 unspecified atom stereocenters. The van der Waals surface area contributed by atoms with Crippen LogP contribution in [0, 0.1) is 12.8 Å². The first-order valence-corrected chi connectivity index (χ1v) is 9.32. The minimum atomic E-state index is 0.244. The highest BCUT2D eigenvalue weighted by atomic mass is 16.2. The van der Waals surface area contributed by atoms with E-state index in [0.717, 1.165) is 47.4 Å². The summed E-state index contributed by atoms with van der Waals surface area (Å²) in [5, 5.41) is 4.78. The number of nitrogens with zero attached hydrogens (tertiary/aromatic N) is 4. The third kappa shape index (κ3) is 3.09. The second-order valence-electron chi connectivity index (χ2n) is 7.23. The highest BCUT2D eigenvalue weighted by molar-refractivity contribution is 5.80.